The molecule has 1 aliphatic heterocycles. The normalized spacial score (nSPS) is 18.6. The van der Waals surface area contributed by atoms with Gasteiger partial charge in [0, 0.05) is 43.2 Å². The van der Waals surface area contributed by atoms with Crippen LogP contribution < -0.4 is 10.6 Å². The molecule has 1 heterocycles. The SMILES string of the molecule is CCCCN1C(=NC(=O)c2ccc(C(=N)NCCCC(=O)OC3CCCCC3)cc2)SC(C(=O)NCCC(=O)OC)C1C.COS(=O)(=O)O. The smallest absolute Gasteiger partial charge is 0.397 e. The van der Waals surface area contributed by atoms with E-state index >= 15 is 0 Å². The van der Waals surface area contributed by atoms with E-state index in [1.54, 1.807) is 24.3 Å². The van der Waals surface area contributed by atoms with Crippen LogP contribution in [-0.4, -0.2) is 104 Å². The van der Waals surface area contributed by atoms with Gasteiger partial charge in [0.2, 0.25) is 5.91 Å². The van der Waals surface area contributed by atoms with E-state index in [9.17, 15) is 27.6 Å². The number of rotatable bonds is 15. The number of ether oxygens (including phenoxy) is 2. The third-order valence-corrected chi connectivity index (χ3v) is 9.63. The number of thioether (sulfide) groups is 1. The topological polar surface area (TPSA) is 214 Å². The molecular weight excluding hydrogens is 679 g/mol. The first-order chi connectivity index (χ1) is 23.3. The van der Waals surface area contributed by atoms with Gasteiger partial charge in [-0.15, -0.1) is 0 Å². The van der Waals surface area contributed by atoms with Gasteiger partial charge in [-0.3, -0.25) is 33.3 Å². The number of aliphatic imine (C=N–C) groups is 1. The average molecular weight is 728 g/mol. The fourth-order valence-corrected chi connectivity index (χ4v) is 6.30. The van der Waals surface area contributed by atoms with Crippen LogP contribution in [0, 0.1) is 5.41 Å². The number of nitrogens with one attached hydrogen (secondary N) is 3. The van der Waals surface area contributed by atoms with Crippen LogP contribution in [0.5, 0.6) is 0 Å². The van der Waals surface area contributed by atoms with Crippen molar-refractivity contribution in [2.75, 3.05) is 33.9 Å². The van der Waals surface area contributed by atoms with Crippen LogP contribution in [0.4, 0.5) is 0 Å². The monoisotopic (exact) mass is 727 g/mol. The van der Waals surface area contributed by atoms with E-state index in [2.05, 4.69) is 31.5 Å². The molecule has 0 aromatic heterocycles. The minimum Gasteiger partial charge on any atom is -0.469 e. The summed E-state index contributed by atoms with van der Waals surface area (Å²) in [6, 6.07) is 6.48. The van der Waals surface area contributed by atoms with Crippen LogP contribution >= 0.6 is 11.8 Å². The Hall–Kier alpha value is -3.54. The lowest BCUT2D eigenvalue weighted by Crippen LogP contribution is -2.43. The van der Waals surface area contributed by atoms with Gasteiger partial charge >= 0.3 is 22.3 Å². The number of benzene rings is 1. The van der Waals surface area contributed by atoms with Gasteiger partial charge in [0.25, 0.3) is 5.91 Å². The zero-order valence-electron chi connectivity index (χ0n) is 28.6. The summed E-state index contributed by atoms with van der Waals surface area (Å²) in [6.07, 6.45) is 8.21. The quantitative estimate of drug-likeness (QED) is 0.0671. The van der Waals surface area contributed by atoms with Gasteiger partial charge in [-0.25, -0.2) is 0 Å². The lowest BCUT2D eigenvalue weighted by molar-refractivity contribution is -0.150. The predicted molar refractivity (Wildman–Crippen MR) is 186 cm³/mol. The predicted octanol–water partition coefficient (Wildman–Crippen LogP) is 3.47. The number of hydrogen-bond donors (Lipinski definition) is 4. The second-order valence-corrected chi connectivity index (χ2v) is 13.8. The highest BCUT2D eigenvalue weighted by atomic mass is 32.3. The molecular formula is C32H49N5O10S2. The minimum absolute atomic E-state index is 0.0548. The molecule has 2 fully saturated rings. The molecule has 3 rings (SSSR count). The molecule has 1 aliphatic carbocycles. The maximum atomic E-state index is 13.1. The Labute approximate surface area is 292 Å². The highest BCUT2D eigenvalue weighted by Crippen LogP contribution is 2.32. The van der Waals surface area contributed by atoms with Gasteiger partial charge in [0.05, 0.1) is 20.6 Å². The Balaban J connectivity index is 0.00000127. The van der Waals surface area contributed by atoms with Crippen LogP contribution in [-0.2, 0) is 38.4 Å². The largest absolute Gasteiger partial charge is 0.469 e. The van der Waals surface area contributed by atoms with Crippen molar-refractivity contribution < 1.29 is 45.8 Å². The first-order valence-corrected chi connectivity index (χ1v) is 18.6. The van der Waals surface area contributed by atoms with Crippen molar-refractivity contribution >= 4 is 56.9 Å². The van der Waals surface area contributed by atoms with Gasteiger partial charge in [0.1, 0.15) is 17.2 Å². The molecule has 274 valence electrons. The Morgan fingerprint density at radius 2 is 1.61 bits per heavy atom. The summed E-state index contributed by atoms with van der Waals surface area (Å²) < 4.78 is 39.9. The van der Waals surface area contributed by atoms with E-state index in [1.807, 2.05) is 11.8 Å². The number of amides is 2. The van der Waals surface area contributed by atoms with Crippen LogP contribution in [0.15, 0.2) is 29.3 Å². The lowest BCUT2D eigenvalue weighted by atomic mass is 9.98. The molecule has 2 aliphatic rings. The number of methoxy groups -OCH3 is 1. The first kappa shape index (κ1) is 41.6. The number of esters is 2. The Kier molecular flexibility index (Phi) is 18.3. The molecule has 2 unspecified atom stereocenters. The molecule has 4 N–H and O–H groups in total. The molecule has 1 saturated carbocycles. The molecule has 1 saturated heterocycles. The summed E-state index contributed by atoms with van der Waals surface area (Å²) in [5, 5.41) is 14.2. The Morgan fingerprint density at radius 1 is 0.980 bits per heavy atom. The van der Waals surface area contributed by atoms with Crippen molar-refractivity contribution in [2.45, 2.75) is 95.5 Å². The third-order valence-electron chi connectivity index (χ3n) is 7.81. The van der Waals surface area contributed by atoms with E-state index < -0.39 is 27.5 Å². The summed E-state index contributed by atoms with van der Waals surface area (Å²) >= 11 is 1.25. The van der Waals surface area contributed by atoms with E-state index in [1.165, 1.54) is 25.3 Å². The lowest BCUT2D eigenvalue weighted by Gasteiger charge is -2.24. The number of carbonyl (C=O) groups excluding carboxylic acids is 4. The van der Waals surface area contributed by atoms with Crippen molar-refractivity contribution in [3.8, 4) is 0 Å². The zero-order valence-corrected chi connectivity index (χ0v) is 30.2. The molecule has 2 amide bonds. The minimum atomic E-state index is -4.16. The number of nitrogens with zero attached hydrogens (tertiary/aromatic N) is 2. The van der Waals surface area contributed by atoms with Crippen molar-refractivity contribution in [3.63, 3.8) is 0 Å². The zero-order chi connectivity index (χ0) is 36.4. The molecule has 2 atom stereocenters. The maximum Gasteiger partial charge on any atom is 0.397 e. The van der Waals surface area contributed by atoms with Crippen molar-refractivity contribution in [2.24, 2.45) is 4.99 Å². The highest BCUT2D eigenvalue weighted by Gasteiger charge is 2.40. The van der Waals surface area contributed by atoms with Crippen molar-refractivity contribution in [1.29, 1.82) is 5.41 Å². The first-order valence-electron chi connectivity index (χ1n) is 16.4. The van der Waals surface area contributed by atoms with E-state index in [0.29, 0.717) is 42.2 Å². The average Bonchev–Trinajstić information content (AvgIpc) is 3.39. The fraction of sp³-hybridized carbons (Fsp3) is 0.625. The van der Waals surface area contributed by atoms with Gasteiger partial charge < -0.3 is 25.0 Å². The van der Waals surface area contributed by atoms with Crippen LogP contribution in [0.25, 0.3) is 0 Å². The van der Waals surface area contributed by atoms with E-state index in [4.69, 9.17) is 14.7 Å². The molecule has 1 aromatic carbocycles. The van der Waals surface area contributed by atoms with Crippen LogP contribution in [0.3, 0.4) is 0 Å². The Bertz CT molecular complexity index is 1400. The second kappa shape index (κ2) is 21.5. The number of hydrogen-bond acceptors (Lipinski definition) is 11. The standard InChI is InChI=1S/C31H45N5O6S.CH4O4S/c1-4-5-20-36-21(2)27(30(40)34-19-17-25(37)41-3)43-31(36)35-29(39)23-15-13-22(14-16-23)28(32)33-18-9-12-26(38)42-24-10-7-6-8-11-24;1-5-6(2,3)4/h13-16,21,24,27H,4-12,17-20H2,1-3H3,(H2,32,33)(H,34,40);1H3,(H,2,3,4). The molecule has 0 spiro atoms. The Morgan fingerprint density at radius 3 is 2.20 bits per heavy atom. The molecule has 15 nitrogen and oxygen atoms in total. The van der Waals surface area contributed by atoms with Crippen molar-refractivity contribution in [1.82, 2.24) is 15.5 Å². The second-order valence-electron chi connectivity index (χ2n) is 11.5. The van der Waals surface area contributed by atoms with Gasteiger partial charge in [-0.1, -0.05) is 43.7 Å². The fourth-order valence-electron chi connectivity index (χ4n) is 5.01. The van der Waals surface area contributed by atoms with Gasteiger partial charge in [-0.2, -0.15) is 13.4 Å². The highest BCUT2D eigenvalue weighted by molar-refractivity contribution is 8.15. The molecule has 49 heavy (non-hydrogen) atoms. The molecule has 0 radical (unpaired) electrons. The van der Waals surface area contributed by atoms with Crippen LogP contribution in [0.1, 0.15) is 94.0 Å². The number of amidine groups is 2. The summed E-state index contributed by atoms with van der Waals surface area (Å²) in [4.78, 5) is 55.8. The third kappa shape index (κ3) is 15.3. The van der Waals surface area contributed by atoms with Crippen LogP contribution in [0.2, 0.25) is 0 Å². The number of unbranched alkanes of at least 4 members (excludes halogenated alkanes) is 1. The van der Waals surface area contributed by atoms with Gasteiger partial charge in [-0.05, 0) is 57.6 Å². The summed E-state index contributed by atoms with van der Waals surface area (Å²) in [7, 11) is -1.99. The molecule has 17 heteroatoms. The number of carbonyl (C=O) groups is 4. The summed E-state index contributed by atoms with van der Waals surface area (Å²) in [5.41, 5.74) is 0.996. The summed E-state index contributed by atoms with van der Waals surface area (Å²) in [6.45, 7) is 5.33. The van der Waals surface area contributed by atoms with E-state index in [0.717, 1.165) is 45.6 Å². The van der Waals surface area contributed by atoms with Gasteiger partial charge in [0.15, 0.2) is 5.17 Å². The maximum absolute atomic E-state index is 13.1. The molecule has 1 aromatic rings. The summed E-state index contributed by atoms with van der Waals surface area (Å²) in [5.74, 6) is -1.01. The van der Waals surface area contributed by atoms with E-state index in [-0.39, 0.29) is 42.8 Å². The van der Waals surface area contributed by atoms with Crippen molar-refractivity contribution in [3.05, 3.63) is 35.4 Å². The molecule has 0 bridgehead atoms.